The molecule has 0 saturated heterocycles. The van der Waals surface area contributed by atoms with Crippen LogP contribution in [0.5, 0.6) is 0 Å². The van der Waals surface area contributed by atoms with E-state index in [-0.39, 0.29) is 16.8 Å². The van der Waals surface area contributed by atoms with E-state index in [1.807, 2.05) is 13.2 Å². The maximum absolute atomic E-state index is 10.9. The number of nitro benzene ring substituents is 1. The molecule has 0 amide bonds. The van der Waals surface area contributed by atoms with Gasteiger partial charge in [-0.15, -0.1) is 0 Å². The number of nitro groups is 1. The zero-order valence-electron chi connectivity index (χ0n) is 9.37. The number of hydrogen-bond donors (Lipinski definition) is 1. The average Bonchev–Trinajstić information content (AvgIpc) is 2.23. The third-order valence-corrected chi connectivity index (χ3v) is 3.61. The van der Waals surface area contributed by atoms with Gasteiger partial charge >= 0.3 is 0 Å². The lowest BCUT2D eigenvalue weighted by molar-refractivity contribution is -0.384. The quantitative estimate of drug-likeness (QED) is 0.657. The van der Waals surface area contributed by atoms with Crippen molar-refractivity contribution in [3.63, 3.8) is 0 Å². The van der Waals surface area contributed by atoms with E-state index >= 15 is 0 Å². The van der Waals surface area contributed by atoms with Crippen LogP contribution in [-0.2, 0) is 0 Å². The summed E-state index contributed by atoms with van der Waals surface area (Å²) in [5.74, 6) is 0.845. The minimum absolute atomic E-state index is 0.0626. The summed E-state index contributed by atoms with van der Waals surface area (Å²) < 4.78 is 0. The summed E-state index contributed by atoms with van der Waals surface area (Å²) in [5.41, 5.74) is 0.332. The van der Waals surface area contributed by atoms with E-state index in [0.717, 1.165) is 5.75 Å². The minimum Gasteiger partial charge on any atom is -0.376 e. The Hall–Kier alpha value is -0.650. The van der Waals surface area contributed by atoms with Gasteiger partial charge < -0.3 is 5.32 Å². The van der Waals surface area contributed by atoms with Gasteiger partial charge in [-0.05, 0) is 19.2 Å². The molecule has 1 unspecified atom stereocenters. The van der Waals surface area contributed by atoms with Crippen molar-refractivity contribution < 1.29 is 4.92 Å². The van der Waals surface area contributed by atoms with Crippen LogP contribution < -0.4 is 5.32 Å². The van der Waals surface area contributed by atoms with Crippen LogP contribution in [0.1, 0.15) is 6.92 Å². The van der Waals surface area contributed by atoms with Gasteiger partial charge in [0.1, 0.15) is 5.69 Å². The Bertz CT molecular complexity index is 429. The molecule has 0 saturated carbocycles. The largest absolute Gasteiger partial charge is 0.376 e. The second-order valence-electron chi connectivity index (χ2n) is 3.54. The fourth-order valence-electron chi connectivity index (χ4n) is 1.36. The molecule has 1 aromatic rings. The maximum atomic E-state index is 10.9. The van der Waals surface area contributed by atoms with Crippen molar-refractivity contribution in [2.45, 2.75) is 13.0 Å². The van der Waals surface area contributed by atoms with Gasteiger partial charge in [-0.25, -0.2) is 0 Å². The summed E-state index contributed by atoms with van der Waals surface area (Å²) in [6, 6.07) is 2.86. The Morgan fingerprint density at radius 1 is 1.47 bits per heavy atom. The normalized spacial score (nSPS) is 12.2. The topological polar surface area (TPSA) is 55.2 Å². The minimum atomic E-state index is -0.476. The van der Waals surface area contributed by atoms with Crippen LogP contribution in [0.3, 0.4) is 0 Å². The van der Waals surface area contributed by atoms with Gasteiger partial charge in [-0.2, -0.15) is 11.8 Å². The predicted octanol–water partition coefficient (Wildman–Crippen LogP) is 4.07. The molecule has 1 atom stereocenters. The lowest BCUT2D eigenvalue weighted by atomic mass is 10.2. The molecule has 0 aliphatic carbocycles. The van der Waals surface area contributed by atoms with Crippen molar-refractivity contribution in [3.05, 3.63) is 32.3 Å². The Labute approximate surface area is 114 Å². The number of anilines is 1. The second-order valence-corrected chi connectivity index (χ2v) is 5.27. The Kier molecular flexibility index (Phi) is 5.36. The van der Waals surface area contributed by atoms with Gasteiger partial charge in [0.25, 0.3) is 5.69 Å². The zero-order valence-corrected chi connectivity index (χ0v) is 11.7. The van der Waals surface area contributed by atoms with Crippen molar-refractivity contribution >= 4 is 46.3 Å². The lowest BCUT2D eigenvalue weighted by Crippen LogP contribution is -2.18. The Balaban J connectivity index is 3.04. The number of halogens is 2. The van der Waals surface area contributed by atoms with Gasteiger partial charge in [-0.1, -0.05) is 23.2 Å². The summed E-state index contributed by atoms with van der Waals surface area (Å²) in [6.45, 7) is 1.95. The Morgan fingerprint density at radius 3 is 2.59 bits per heavy atom. The van der Waals surface area contributed by atoms with E-state index in [9.17, 15) is 10.1 Å². The van der Waals surface area contributed by atoms with Crippen molar-refractivity contribution in [1.29, 1.82) is 0 Å². The van der Waals surface area contributed by atoms with Gasteiger partial charge in [-0.3, -0.25) is 10.1 Å². The standard InChI is InChI=1S/C10H12Cl2N2O2S/c1-6(5-17-2)13-9-3-7(11)8(12)4-10(9)14(15)16/h3-4,6,13H,5H2,1-2H3. The summed E-state index contributed by atoms with van der Waals surface area (Å²) in [7, 11) is 0. The smallest absolute Gasteiger partial charge is 0.293 e. The fourth-order valence-corrected chi connectivity index (χ4v) is 2.27. The first-order chi connectivity index (χ1) is 7.95. The van der Waals surface area contributed by atoms with E-state index in [1.54, 1.807) is 11.8 Å². The third kappa shape index (κ3) is 3.94. The molecule has 7 heteroatoms. The number of nitrogens with one attached hydrogen (secondary N) is 1. The highest BCUT2D eigenvalue weighted by Gasteiger charge is 2.18. The molecule has 0 spiro atoms. The molecule has 1 N–H and O–H groups in total. The van der Waals surface area contributed by atoms with Crippen LogP contribution in [-0.4, -0.2) is 23.0 Å². The average molecular weight is 295 g/mol. The lowest BCUT2D eigenvalue weighted by Gasteiger charge is -2.14. The molecule has 0 aromatic heterocycles. The summed E-state index contributed by atoms with van der Waals surface area (Å²) in [6.07, 6.45) is 1.97. The molecular formula is C10H12Cl2N2O2S. The summed E-state index contributed by atoms with van der Waals surface area (Å²) in [4.78, 5) is 10.4. The molecule has 0 aliphatic heterocycles. The van der Waals surface area contributed by atoms with Crippen molar-refractivity contribution in [2.24, 2.45) is 0 Å². The van der Waals surface area contributed by atoms with Gasteiger partial charge in [0.15, 0.2) is 0 Å². The van der Waals surface area contributed by atoms with E-state index in [1.165, 1.54) is 12.1 Å². The molecule has 17 heavy (non-hydrogen) atoms. The highest BCUT2D eigenvalue weighted by molar-refractivity contribution is 7.98. The molecule has 0 heterocycles. The van der Waals surface area contributed by atoms with Gasteiger partial charge in [0, 0.05) is 17.9 Å². The summed E-state index contributed by atoms with van der Waals surface area (Å²) in [5, 5.41) is 14.4. The van der Waals surface area contributed by atoms with Crippen molar-refractivity contribution in [3.8, 4) is 0 Å². The molecule has 94 valence electrons. The Morgan fingerprint density at radius 2 is 2.06 bits per heavy atom. The first-order valence-corrected chi connectivity index (χ1v) is 6.99. The first-order valence-electron chi connectivity index (χ1n) is 4.84. The van der Waals surface area contributed by atoms with Gasteiger partial charge in [0.2, 0.25) is 0 Å². The monoisotopic (exact) mass is 294 g/mol. The molecule has 1 rings (SSSR count). The van der Waals surface area contributed by atoms with Crippen LogP contribution >= 0.6 is 35.0 Å². The predicted molar refractivity (Wildman–Crippen MR) is 74.6 cm³/mol. The van der Waals surface area contributed by atoms with Crippen LogP contribution in [0.4, 0.5) is 11.4 Å². The van der Waals surface area contributed by atoms with E-state index in [2.05, 4.69) is 5.32 Å². The van der Waals surface area contributed by atoms with Crippen molar-refractivity contribution in [2.75, 3.05) is 17.3 Å². The summed E-state index contributed by atoms with van der Waals surface area (Å²) >= 11 is 13.3. The fraction of sp³-hybridized carbons (Fsp3) is 0.400. The van der Waals surface area contributed by atoms with Gasteiger partial charge in [0.05, 0.1) is 15.0 Å². The maximum Gasteiger partial charge on any atom is 0.293 e. The highest BCUT2D eigenvalue weighted by atomic mass is 35.5. The van der Waals surface area contributed by atoms with Crippen LogP contribution in [0.15, 0.2) is 12.1 Å². The third-order valence-electron chi connectivity index (χ3n) is 2.05. The molecule has 0 bridgehead atoms. The van der Waals surface area contributed by atoms with Crippen LogP contribution in [0, 0.1) is 10.1 Å². The number of nitrogens with zero attached hydrogens (tertiary/aromatic N) is 1. The SMILES string of the molecule is CSCC(C)Nc1cc(Cl)c(Cl)cc1[N+](=O)[O-]. The van der Waals surface area contributed by atoms with E-state index < -0.39 is 4.92 Å². The molecule has 0 radical (unpaired) electrons. The number of thioether (sulfide) groups is 1. The molecule has 4 nitrogen and oxygen atoms in total. The highest BCUT2D eigenvalue weighted by Crippen LogP contribution is 2.34. The number of rotatable bonds is 5. The molecule has 0 aliphatic rings. The molecular weight excluding hydrogens is 283 g/mol. The number of benzene rings is 1. The number of hydrogen-bond acceptors (Lipinski definition) is 4. The van der Waals surface area contributed by atoms with Crippen LogP contribution in [0.2, 0.25) is 10.0 Å². The van der Waals surface area contributed by atoms with Crippen molar-refractivity contribution in [1.82, 2.24) is 0 Å². The second kappa shape index (κ2) is 6.33. The first kappa shape index (κ1) is 14.4. The molecule has 0 fully saturated rings. The van der Waals surface area contributed by atoms with E-state index in [0.29, 0.717) is 10.7 Å². The van der Waals surface area contributed by atoms with E-state index in [4.69, 9.17) is 23.2 Å². The van der Waals surface area contributed by atoms with Crippen LogP contribution in [0.25, 0.3) is 0 Å². The zero-order chi connectivity index (χ0) is 13.0. The molecule has 1 aromatic carbocycles.